The molecule has 2 aliphatic heterocycles. The van der Waals surface area contributed by atoms with Gasteiger partial charge in [0.25, 0.3) is 0 Å². The Balaban J connectivity index is 1.38. The van der Waals surface area contributed by atoms with Crippen LogP contribution in [-0.4, -0.2) is 65.8 Å². The van der Waals surface area contributed by atoms with Gasteiger partial charge in [0, 0.05) is 42.9 Å². The van der Waals surface area contributed by atoms with E-state index in [1.165, 1.54) is 6.33 Å². The van der Waals surface area contributed by atoms with E-state index in [4.69, 9.17) is 20.3 Å². The number of ether oxygens (including phenoxy) is 2. The molecule has 6 heterocycles. The average Bonchev–Trinajstić information content (AvgIpc) is 3.66. The molecule has 7 rings (SSSR count). The maximum absolute atomic E-state index is 6.41. The van der Waals surface area contributed by atoms with Crippen LogP contribution in [0.2, 0.25) is 0 Å². The highest BCUT2D eigenvalue weighted by molar-refractivity contribution is 5.92. The van der Waals surface area contributed by atoms with Crippen LogP contribution in [0.4, 0.5) is 5.82 Å². The third-order valence-electron chi connectivity index (χ3n) is 7.40. The predicted molar refractivity (Wildman–Crippen MR) is 133 cm³/mol. The molecule has 0 atom stereocenters. The number of nitrogens with two attached hydrogens (primary N) is 1. The van der Waals surface area contributed by atoms with Gasteiger partial charge in [0.1, 0.15) is 11.8 Å². The lowest BCUT2D eigenvalue weighted by Gasteiger charge is -2.23. The minimum atomic E-state index is 0.227. The molecule has 4 aromatic heterocycles. The lowest BCUT2D eigenvalue weighted by Crippen LogP contribution is -2.21. The van der Waals surface area contributed by atoms with Crippen molar-refractivity contribution in [2.24, 2.45) is 0 Å². The van der Waals surface area contributed by atoms with Gasteiger partial charge >= 0.3 is 0 Å². The first-order valence-corrected chi connectivity index (χ1v) is 12.4. The Labute approximate surface area is 206 Å². The van der Waals surface area contributed by atoms with Gasteiger partial charge in [-0.15, -0.1) is 5.10 Å². The molecule has 36 heavy (non-hydrogen) atoms. The molecule has 5 aromatic rings. The molecule has 0 amide bonds. The Morgan fingerprint density at radius 1 is 0.833 bits per heavy atom. The lowest BCUT2D eigenvalue weighted by molar-refractivity contribution is 0.0662. The van der Waals surface area contributed by atoms with Crippen LogP contribution in [0.25, 0.3) is 38.9 Å². The second kappa shape index (κ2) is 8.68. The minimum absolute atomic E-state index is 0.227. The van der Waals surface area contributed by atoms with Crippen molar-refractivity contribution >= 4 is 22.2 Å². The summed E-state index contributed by atoms with van der Waals surface area (Å²) in [6, 6.07) is 9.09. The molecule has 0 radical (unpaired) electrons. The summed E-state index contributed by atoms with van der Waals surface area (Å²) in [6.45, 7) is 2.97. The zero-order valence-corrected chi connectivity index (χ0v) is 19.8. The molecule has 2 saturated heterocycles. The highest BCUT2D eigenvalue weighted by atomic mass is 16.5. The Hall–Kier alpha value is -3.83. The van der Waals surface area contributed by atoms with E-state index < -0.39 is 0 Å². The standard InChI is InChI=1S/C25H27N9O2/c26-25-24-20(23-14-28-31-33(23)19-5-9-36-10-6-19)12-22(34(24)30-15-27-25)16-1-2-17-13-29-32(21(17)11-16)18-3-7-35-8-4-18/h1-2,11-15,18-19H,3-10H2,(H2,26,27,30). The lowest BCUT2D eigenvalue weighted by atomic mass is 10.1. The maximum Gasteiger partial charge on any atom is 0.152 e. The number of rotatable bonds is 4. The fourth-order valence-electron chi connectivity index (χ4n) is 5.52. The molecule has 11 nitrogen and oxygen atoms in total. The monoisotopic (exact) mass is 485 g/mol. The predicted octanol–water partition coefficient (Wildman–Crippen LogP) is 3.29. The Morgan fingerprint density at radius 2 is 1.58 bits per heavy atom. The van der Waals surface area contributed by atoms with Crippen molar-refractivity contribution in [2.45, 2.75) is 37.8 Å². The number of benzene rings is 1. The van der Waals surface area contributed by atoms with E-state index in [9.17, 15) is 0 Å². The van der Waals surface area contributed by atoms with Crippen LogP contribution >= 0.6 is 0 Å². The first-order valence-electron chi connectivity index (χ1n) is 12.4. The van der Waals surface area contributed by atoms with Gasteiger partial charge < -0.3 is 15.2 Å². The molecule has 2 N–H and O–H groups in total. The van der Waals surface area contributed by atoms with Crippen LogP contribution in [0, 0.1) is 0 Å². The number of fused-ring (bicyclic) bond motifs is 2. The van der Waals surface area contributed by atoms with Gasteiger partial charge in [0.15, 0.2) is 5.82 Å². The molecule has 1 aromatic carbocycles. The summed E-state index contributed by atoms with van der Waals surface area (Å²) in [6.07, 6.45) is 8.95. The zero-order valence-electron chi connectivity index (χ0n) is 19.8. The van der Waals surface area contributed by atoms with Gasteiger partial charge in [-0.3, -0.25) is 4.68 Å². The Bertz CT molecular complexity index is 1540. The summed E-state index contributed by atoms with van der Waals surface area (Å²) >= 11 is 0. The van der Waals surface area contributed by atoms with Gasteiger partial charge in [0.05, 0.1) is 41.4 Å². The van der Waals surface area contributed by atoms with Gasteiger partial charge in [-0.05, 0) is 37.8 Å². The quantitative estimate of drug-likeness (QED) is 0.411. The number of aromatic nitrogens is 8. The summed E-state index contributed by atoms with van der Waals surface area (Å²) in [5.74, 6) is 0.416. The summed E-state index contributed by atoms with van der Waals surface area (Å²) in [4.78, 5) is 4.29. The molecule has 0 unspecified atom stereocenters. The molecule has 2 fully saturated rings. The highest BCUT2D eigenvalue weighted by Gasteiger charge is 2.25. The molecule has 0 bridgehead atoms. The first kappa shape index (κ1) is 21.5. The van der Waals surface area contributed by atoms with E-state index in [-0.39, 0.29) is 6.04 Å². The fraction of sp³-hybridized carbons (Fsp3) is 0.400. The summed E-state index contributed by atoms with van der Waals surface area (Å²) in [5, 5.41) is 19.1. The van der Waals surface area contributed by atoms with Crippen LogP contribution in [0.5, 0.6) is 0 Å². The van der Waals surface area contributed by atoms with E-state index in [0.29, 0.717) is 11.9 Å². The SMILES string of the molecule is Nc1ncnn2c(-c3ccc4cnn(C5CCOCC5)c4c3)cc(-c3cnnn3C3CCOCC3)c12. The fourth-order valence-corrected chi connectivity index (χ4v) is 5.52. The van der Waals surface area contributed by atoms with E-state index in [1.807, 2.05) is 15.4 Å². The highest BCUT2D eigenvalue weighted by Crippen LogP contribution is 2.37. The first-order chi connectivity index (χ1) is 17.8. The molecule has 0 aliphatic carbocycles. The van der Waals surface area contributed by atoms with E-state index in [0.717, 1.165) is 91.0 Å². The Kier molecular flexibility index (Phi) is 5.17. The topological polar surface area (TPSA) is 123 Å². The molecule has 0 saturated carbocycles. The largest absolute Gasteiger partial charge is 0.382 e. The van der Waals surface area contributed by atoms with Crippen molar-refractivity contribution in [1.82, 2.24) is 39.4 Å². The summed E-state index contributed by atoms with van der Waals surface area (Å²) in [5.41, 5.74) is 12.0. The van der Waals surface area contributed by atoms with Crippen molar-refractivity contribution in [1.29, 1.82) is 0 Å². The van der Waals surface area contributed by atoms with Gasteiger partial charge in [-0.2, -0.15) is 10.2 Å². The number of hydrogen-bond acceptors (Lipinski definition) is 8. The third-order valence-corrected chi connectivity index (χ3v) is 7.40. The van der Waals surface area contributed by atoms with Crippen LogP contribution in [0.15, 0.2) is 43.0 Å². The van der Waals surface area contributed by atoms with Crippen LogP contribution in [0.1, 0.15) is 37.8 Å². The maximum atomic E-state index is 6.41. The second-order valence-corrected chi connectivity index (χ2v) is 9.46. The molecule has 11 heteroatoms. The Morgan fingerprint density at radius 3 is 2.36 bits per heavy atom. The van der Waals surface area contributed by atoms with Crippen LogP contribution in [0.3, 0.4) is 0 Å². The minimum Gasteiger partial charge on any atom is -0.382 e. The van der Waals surface area contributed by atoms with Crippen molar-refractivity contribution in [3.63, 3.8) is 0 Å². The summed E-state index contributed by atoms with van der Waals surface area (Å²) in [7, 11) is 0. The van der Waals surface area contributed by atoms with Gasteiger partial charge in [0.2, 0.25) is 0 Å². The van der Waals surface area contributed by atoms with Crippen LogP contribution < -0.4 is 5.73 Å². The summed E-state index contributed by atoms with van der Waals surface area (Å²) < 4.78 is 17.1. The van der Waals surface area contributed by atoms with E-state index in [2.05, 4.69) is 49.3 Å². The molecular weight excluding hydrogens is 458 g/mol. The third kappa shape index (κ3) is 3.46. The van der Waals surface area contributed by atoms with Crippen molar-refractivity contribution in [3.05, 3.63) is 43.0 Å². The number of anilines is 1. The molecule has 184 valence electrons. The van der Waals surface area contributed by atoms with Crippen LogP contribution in [-0.2, 0) is 9.47 Å². The second-order valence-electron chi connectivity index (χ2n) is 9.46. The number of nitrogen functional groups attached to an aromatic ring is 1. The zero-order chi connectivity index (χ0) is 24.1. The van der Waals surface area contributed by atoms with E-state index in [1.54, 1.807) is 6.20 Å². The smallest absolute Gasteiger partial charge is 0.152 e. The molecular formula is C25H27N9O2. The average molecular weight is 486 g/mol. The molecule has 2 aliphatic rings. The normalized spacial score (nSPS) is 17.9. The number of hydrogen-bond donors (Lipinski definition) is 1. The molecule has 0 spiro atoms. The van der Waals surface area contributed by atoms with E-state index >= 15 is 0 Å². The van der Waals surface area contributed by atoms with Crippen molar-refractivity contribution in [2.75, 3.05) is 32.2 Å². The van der Waals surface area contributed by atoms with Gasteiger partial charge in [-0.25, -0.2) is 14.2 Å². The van der Waals surface area contributed by atoms with Crippen molar-refractivity contribution < 1.29 is 9.47 Å². The number of nitrogens with zero attached hydrogens (tertiary/aromatic N) is 8. The van der Waals surface area contributed by atoms with Gasteiger partial charge in [-0.1, -0.05) is 17.3 Å². The van der Waals surface area contributed by atoms with Crippen molar-refractivity contribution in [3.8, 4) is 22.5 Å².